The molecular formula is C15H22N2O3S. The summed E-state index contributed by atoms with van der Waals surface area (Å²) < 4.78 is 26.8. The summed E-state index contributed by atoms with van der Waals surface area (Å²) in [5.74, 6) is -0.131. The van der Waals surface area contributed by atoms with Crippen molar-refractivity contribution in [3.05, 3.63) is 35.4 Å². The SMILES string of the molecule is CCC(CC)(CO)CNS(=O)(=O)Cc1ccc(C#N)cc1. The number of nitrogens with zero attached hydrogens (tertiary/aromatic N) is 1. The Balaban J connectivity index is 2.71. The predicted octanol–water partition coefficient (Wildman–Crippen LogP) is 1.78. The van der Waals surface area contributed by atoms with E-state index < -0.39 is 15.4 Å². The highest BCUT2D eigenvalue weighted by molar-refractivity contribution is 7.88. The van der Waals surface area contributed by atoms with Crippen molar-refractivity contribution in [1.82, 2.24) is 4.72 Å². The van der Waals surface area contributed by atoms with Crippen LogP contribution in [-0.2, 0) is 15.8 Å². The molecule has 0 saturated heterocycles. The maximum Gasteiger partial charge on any atom is 0.215 e. The Hall–Kier alpha value is -1.42. The molecule has 0 aliphatic heterocycles. The summed E-state index contributed by atoms with van der Waals surface area (Å²) in [6.07, 6.45) is 1.42. The minimum atomic E-state index is -3.46. The first kappa shape index (κ1) is 17.6. The van der Waals surface area contributed by atoms with Crippen molar-refractivity contribution < 1.29 is 13.5 Å². The molecule has 6 heteroatoms. The molecule has 0 aromatic heterocycles. The monoisotopic (exact) mass is 310 g/mol. The van der Waals surface area contributed by atoms with E-state index in [1.807, 2.05) is 19.9 Å². The molecule has 21 heavy (non-hydrogen) atoms. The van der Waals surface area contributed by atoms with Crippen LogP contribution >= 0.6 is 0 Å². The Morgan fingerprint density at radius 1 is 1.24 bits per heavy atom. The number of nitriles is 1. The van der Waals surface area contributed by atoms with E-state index >= 15 is 0 Å². The molecule has 0 atom stereocenters. The maximum absolute atomic E-state index is 12.1. The molecule has 0 aliphatic rings. The van der Waals surface area contributed by atoms with Gasteiger partial charge in [0.05, 0.1) is 17.4 Å². The molecule has 0 amide bonds. The molecule has 0 bridgehead atoms. The van der Waals surface area contributed by atoms with Crippen LogP contribution in [-0.4, -0.2) is 26.7 Å². The summed E-state index contributed by atoms with van der Waals surface area (Å²) in [5.41, 5.74) is 0.724. The number of aliphatic hydroxyl groups excluding tert-OH is 1. The van der Waals surface area contributed by atoms with Gasteiger partial charge in [-0.05, 0) is 30.5 Å². The molecule has 5 nitrogen and oxygen atoms in total. The first-order valence-electron chi connectivity index (χ1n) is 6.97. The molecule has 1 aromatic rings. The van der Waals surface area contributed by atoms with Crippen LogP contribution < -0.4 is 4.72 Å². The molecule has 116 valence electrons. The van der Waals surface area contributed by atoms with E-state index in [4.69, 9.17) is 5.26 Å². The van der Waals surface area contributed by atoms with Gasteiger partial charge in [-0.15, -0.1) is 0 Å². The standard InChI is InChI=1S/C15H22N2O3S/c1-3-15(4-2,12-18)11-17-21(19,20)10-14-7-5-13(9-16)6-8-14/h5-8,17-18H,3-4,10-12H2,1-2H3. The number of rotatable bonds is 8. The van der Waals surface area contributed by atoms with Crippen molar-refractivity contribution in [2.45, 2.75) is 32.4 Å². The second kappa shape index (κ2) is 7.55. The van der Waals surface area contributed by atoms with Crippen LogP contribution in [0.5, 0.6) is 0 Å². The fourth-order valence-electron chi connectivity index (χ4n) is 1.99. The van der Waals surface area contributed by atoms with Crippen LogP contribution in [0.4, 0.5) is 0 Å². The highest BCUT2D eigenvalue weighted by Gasteiger charge is 2.27. The Kier molecular flexibility index (Phi) is 6.34. The third kappa shape index (κ3) is 5.12. The quantitative estimate of drug-likeness (QED) is 0.765. The van der Waals surface area contributed by atoms with Gasteiger partial charge in [-0.3, -0.25) is 0 Å². The third-order valence-electron chi connectivity index (χ3n) is 3.94. The van der Waals surface area contributed by atoms with Gasteiger partial charge in [-0.1, -0.05) is 26.0 Å². The molecule has 0 unspecified atom stereocenters. The third-order valence-corrected chi connectivity index (χ3v) is 5.24. The van der Waals surface area contributed by atoms with Gasteiger partial charge in [-0.25, -0.2) is 13.1 Å². The van der Waals surface area contributed by atoms with Crippen LogP contribution in [0.2, 0.25) is 0 Å². The van der Waals surface area contributed by atoms with Crippen molar-refractivity contribution in [2.75, 3.05) is 13.2 Å². The lowest BCUT2D eigenvalue weighted by molar-refractivity contribution is 0.119. The number of hydrogen-bond acceptors (Lipinski definition) is 4. The van der Waals surface area contributed by atoms with Crippen LogP contribution in [0.1, 0.15) is 37.8 Å². The first-order valence-corrected chi connectivity index (χ1v) is 8.63. The maximum atomic E-state index is 12.1. The molecular weight excluding hydrogens is 288 g/mol. The first-order chi connectivity index (χ1) is 9.90. The summed E-state index contributed by atoms with van der Waals surface area (Å²) in [5, 5.41) is 18.2. The summed E-state index contributed by atoms with van der Waals surface area (Å²) in [4.78, 5) is 0. The van der Waals surface area contributed by atoms with Crippen molar-refractivity contribution in [3.63, 3.8) is 0 Å². The van der Waals surface area contributed by atoms with Crippen LogP contribution in [0.15, 0.2) is 24.3 Å². The van der Waals surface area contributed by atoms with E-state index in [0.29, 0.717) is 24.0 Å². The van der Waals surface area contributed by atoms with Gasteiger partial charge in [0.2, 0.25) is 10.0 Å². The summed E-state index contributed by atoms with van der Waals surface area (Å²) in [6, 6.07) is 8.46. The molecule has 1 rings (SSSR count). The normalized spacial score (nSPS) is 12.1. The zero-order chi connectivity index (χ0) is 15.9. The lowest BCUT2D eigenvalue weighted by atomic mass is 9.84. The molecule has 2 N–H and O–H groups in total. The molecule has 0 fully saturated rings. The lowest BCUT2D eigenvalue weighted by Gasteiger charge is -2.29. The van der Waals surface area contributed by atoms with Gasteiger partial charge in [0.1, 0.15) is 0 Å². The van der Waals surface area contributed by atoms with Gasteiger partial charge in [0, 0.05) is 18.6 Å². The Labute approximate surface area is 126 Å². The van der Waals surface area contributed by atoms with Gasteiger partial charge < -0.3 is 5.11 Å². The van der Waals surface area contributed by atoms with E-state index in [0.717, 1.165) is 0 Å². The average Bonchev–Trinajstić information content (AvgIpc) is 2.50. The van der Waals surface area contributed by atoms with E-state index in [-0.39, 0.29) is 18.9 Å². The van der Waals surface area contributed by atoms with E-state index in [9.17, 15) is 13.5 Å². The molecule has 0 radical (unpaired) electrons. The van der Waals surface area contributed by atoms with Crippen molar-refractivity contribution in [2.24, 2.45) is 5.41 Å². The number of sulfonamides is 1. The smallest absolute Gasteiger partial charge is 0.215 e. The number of hydrogen-bond donors (Lipinski definition) is 2. The number of nitrogens with one attached hydrogen (secondary N) is 1. The summed E-state index contributed by atoms with van der Waals surface area (Å²) in [7, 11) is -3.46. The van der Waals surface area contributed by atoms with Crippen molar-refractivity contribution >= 4 is 10.0 Å². The average molecular weight is 310 g/mol. The largest absolute Gasteiger partial charge is 0.396 e. The van der Waals surface area contributed by atoms with Gasteiger partial charge >= 0.3 is 0 Å². The second-order valence-corrected chi connectivity index (χ2v) is 7.06. The molecule has 0 spiro atoms. The van der Waals surface area contributed by atoms with Gasteiger partial charge in [0.25, 0.3) is 0 Å². The van der Waals surface area contributed by atoms with Crippen molar-refractivity contribution in [3.8, 4) is 6.07 Å². The topological polar surface area (TPSA) is 90.2 Å². The number of benzene rings is 1. The Morgan fingerprint density at radius 2 is 1.81 bits per heavy atom. The van der Waals surface area contributed by atoms with E-state index in [1.54, 1.807) is 24.3 Å². The fraction of sp³-hybridized carbons (Fsp3) is 0.533. The van der Waals surface area contributed by atoms with Crippen LogP contribution in [0, 0.1) is 16.7 Å². The number of aliphatic hydroxyl groups is 1. The minimum absolute atomic E-state index is 0.0423. The van der Waals surface area contributed by atoms with E-state index in [1.165, 1.54) is 0 Å². The van der Waals surface area contributed by atoms with Gasteiger partial charge in [-0.2, -0.15) is 5.26 Å². The highest BCUT2D eigenvalue weighted by atomic mass is 32.2. The molecule has 0 heterocycles. The van der Waals surface area contributed by atoms with Crippen molar-refractivity contribution in [1.29, 1.82) is 5.26 Å². The van der Waals surface area contributed by atoms with Crippen LogP contribution in [0.3, 0.4) is 0 Å². The Bertz CT molecular complexity index is 576. The summed E-state index contributed by atoms with van der Waals surface area (Å²) in [6.45, 7) is 4.07. The lowest BCUT2D eigenvalue weighted by Crippen LogP contribution is -2.39. The van der Waals surface area contributed by atoms with Crippen LogP contribution in [0.25, 0.3) is 0 Å². The predicted molar refractivity (Wildman–Crippen MR) is 81.9 cm³/mol. The zero-order valence-electron chi connectivity index (χ0n) is 12.5. The summed E-state index contributed by atoms with van der Waals surface area (Å²) >= 11 is 0. The highest BCUT2D eigenvalue weighted by Crippen LogP contribution is 2.24. The second-order valence-electron chi connectivity index (χ2n) is 5.25. The zero-order valence-corrected chi connectivity index (χ0v) is 13.3. The Morgan fingerprint density at radius 3 is 2.24 bits per heavy atom. The minimum Gasteiger partial charge on any atom is -0.396 e. The van der Waals surface area contributed by atoms with E-state index in [2.05, 4.69) is 4.72 Å². The molecule has 1 aromatic carbocycles. The van der Waals surface area contributed by atoms with Gasteiger partial charge in [0.15, 0.2) is 0 Å². The molecule has 0 saturated carbocycles. The fourth-order valence-corrected chi connectivity index (χ4v) is 3.25. The molecule has 0 aliphatic carbocycles.